The van der Waals surface area contributed by atoms with Gasteiger partial charge in [-0.15, -0.1) is 0 Å². The van der Waals surface area contributed by atoms with E-state index >= 15 is 0 Å². The third kappa shape index (κ3) is 3.30. The van der Waals surface area contributed by atoms with Crippen molar-refractivity contribution in [3.63, 3.8) is 0 Å². The second-order valence-electron chi connectivity index (χ2n) is 5.53. The monoisotopic (exact) mass is 306 g/mol. The first kappa shape index (κ1) is 15.0. The van der Waals surface area contributed by atoms with Crippen LogP contribution in [0.3, 0.4) is 0 Å². The number of ether oxygens (including phenoxy) is 2. The fourth-order valence-corrected chi connectivity index (χ4v) is 2.86. The molecular weight excluding hydrogens is 284 g/mol. The molecule has 1 amide bonds. The lowest BCUT2D eigenvalue weighted by Crippen LogP contribution is -2.49. The molecule has 0 spiro atoms. The summed E-state index contributed by atoms with van der Waals surface area (Å²) in [6.07, 6.45) is 2.42. The van der Waals surface area contributed by atoms with Crippen molar-refractivity contribution in [3.8, 4) is 0 Å². The van der Waals surface area contributed by atoms with Crippen LogP contribution in [-0.2, 0) is 9.47 Å². The second kappa shape index (κ2) is 6.91. The smallest absolute Gasteiger partial charge is 0.409 e. The molecule has 0 aliphatic carbocycles. The van der Waals surface area contributed by atoms with E-state index in [1.165, 1.54) is 0 Å². The summed E-state index contributed by atoms with van der Waals surface area (Å²) in [5.41, 5.74) is 1.05. The van der Waals surface area contributed by atoms with E-state index in [0.29, 0.717) is 25.6 Å². The summed E-state index contributed by atoms with van der Waals surface area (Å²) >= 11 is 0. The van der Waals surface area contributed by atoms with Crippen LogP contribution in [0, 0.1) is 0 Å². The summed E-state index contributed by atoms with van der Waals surface area (Å²) in [6.45, 7) is 6.62. The molecule has 0 aromatic carbocycles. The second-order valence-corrected chi connectivity index (χ2v) is 5.53. The van der Waals surface area contributed by atoms with Crippen LogP contribution in [0.2, 0.25) is 0 Å². The van der Waals surface area contributed by atoms with E-state index < -0.39 is 0 Å². The van der Waals surface area contributed by atoms with Crippen LogP contribution in [0.5, 0.6) is 0 Å². The molecule has 0 radical (unpaired) electrons. The summed E-state index contributed by atoms with van der Waals surface area (Å²) in [7, 11) is 0. The first-order valence-electron chi connectivity index (χ1n) is 7.84. The number of aromatic nitrogens is 2. The number of anilines is 1. The Morgan fingerprint density at radius 3 is 2.86 bits per heavy atom. The molecule has 1 aromatic rings. The van der Waals surface area contributed by atoms with Gasteiger partial charge in [0.1, 0.15) is 12.1 Å². The van der Waals surface area contributed by atoms with Gasteiger partial charge in [0.2, 0.25) is 0 Å². The van der Waals surface area contributed by atoms with E-state index in [9.17, 15) is 4.79 Å². The molecule has 2 aliphatic heterocycles. The Morgan fingerprint density at radius 1 is 1.36 bits per heavy atom. The number of amides is 1. The van der Waals surface area contributed by atoms with Crippen LogP contribution in [0.25, 0.3) is 0 Å². The van der Waals surface area contributed by atoms with E-state index in [2.05, 4.69) is 20.9 Å². The van der Waals surface area contributed by atoms with Gasteiger partial charge in [-0.1, -0.05) is 0 Å². The van der Waals surface area contributed by atoms with E-state index in [4.69, 9.17) is 9.47 Å². The minimum Gasteiger partial charge on any atom is -0.450 e. The molecule has 7 nitrogen and oxygen atoms in total. The minimum absolute atomic E-state index is 0.228. The number of carbonyl (C=O) groups is 1. The van der Waals surface area contributed by atoms with E-state index in [1.807, 2.05) is 6.92 Å². The Bertz CT molecular complexity index is 511. The SMILES string of the molecule is CCOC(=O)N1CCN(c2cc(C3CCOC3)ncn2)CC1. The number of rotatable bonds is 3. The van der Waals surface area contributed by atoms with Crippen molar-refractivity contribution in [2.75, 3.05) is 50.9 Å². The Hall–Kier alpha value is -1.89. The summed E-state index contributed by atoms with van der Waals surface area (Å²) in [6, 6.07) is 2.05. The van der Waals surface area contributed by atoms with Crippen molar-refractivity contribution < 1.29 is 14.3 Å². The van der Waals surface area contributed by atoms with E-state index in [0.717, 1.165) is 44.2 Å². The summed E-state index contributed by atoms with van der Waals surface area (Å²) in [4.78, 5) is 24.4. The van der Waals surface area contributed by atoms with Gasteiger partial charge in [0.05, 0.1) is 18.9 Å². The largest absolute Gasteiger partial charge is 0.450 e. The number of piperazine rings is 1. The molecule has 2 aliphatic rings. The Morgan fingerprint density at radius 2 is 2.18 bits per heavy atom. The molecule has 1 atom stereocenters. The fraction of sp³-hybridized carbons (Fsp3) is 0.667. The first-order valence-corrected chi connectivity index (χ1v) is 7.84. The maximum absolute atomic E-state index is 11.7. The van der Waals surface area contributed by atoms with Crippen LogP contribution < -0.4 is 4.90 Å². The van der Waals surface area contributed by atoms with Crippen LogP contribution in [0.4, 0.5) is 10.6 Å². The molecule has 0 N–H and O–H groups in total. The first-order chi connectivity index (χ1) is 10.8. The Kier molecular flexibility index (Phi) is 4.72. The predicted molar refractivity (Wildman–Crippen MR) is 81.0 cm³/mol. The average Bonchev–Trinajstić information content (AvgIpc) is 3.10. The molecule has 2 fully saturated rings. The number of hydrogen-bond donors (Lipinski definition) is 0. The van der Waals surface area contributed by atoms with Crippen molar-refractivity contribution in [2.24, 2.45) is 0 Å². The van der Waals surface area contributed by atoms with Gasteiger partial charge >= 0.3 is 6.09 Å². The Balaban J connectivity index is 1.61. The van der Waals surface area contributed by atoms with Gasteiger partial charge in [0.25, 0.3) is 0 Å². The highest BCUT2D eigenvalue weighted by Crippen LogP contribution is 2.25. The molecule has 1 aromatic heterocycles. The van der Waals surface area contributed by atoms with Gasteiger partial charge in [-0.3, -0.25) is 0 Å². The van der Waals surface area contributed by atoms with Gasteiger partial charge in [-0.2, -0.15) is 0 Å². The topological polar surface area (TPSA) is 67.8 Å². The Labute approximate surface area is 130 Å². The molecular formula is C15H22N4O3. The van der Waals surface area contributed by atoms with Gasteiger partial charge in [0, 0.05) is 44.8 Å². The van der Waals surface area contributed by atoms with Crippen LogP contribution >= 0.6 is 0 Å². The quantitative estimate of drug-likeness (QED) is 0.837. The van der Waals surface area contributed by atoms with Crippen molar-refractivity contribution >= 4 is 11.9 Å². The summed E-state index contributed by atoms with van der Waals surface area (Å²) < 4.78 is 10.5. The molecule has 3 heterocycles. The molecule has 22 heavy (non-hydrogen) atoms. The zero-order valence-corrected chi connectivity index (χ0v) is 12.9. The molecule has 120 valence electrons. The number of nitrogens with zero attached hydrogens (tertiary/aromatic N) is 4. The van der Waals surface area contributed by atoms with Crippen molar-refractivity contribution in [1.29, 1.82) is 0 Å². The van der Waals surface area contributed by atoms with E-state index in [1.54, 1.807) is 11.2 Å². The van der Waals surface area contributed by atoms with Crippen LogP contribution in [0.15, 0.2) is 12.4 Å². The van der Waals surface area contributed by atoms with Crippen LogP contribution in [-0.4, -0.2) is 67.0 Å². The molecule has 0 saturated carbocycles. The average molecular weight is 306 g/mol. The van der Waals surface area contributed by atoms with Gasteiger partial charge in [-0.25, -0.2) is 14.8 Å². The van der Waals surface area contributed by atoms with Crippen LogP contribution in [0.1, 0.15) is 25.0 Å². The highest BCUT2D eigenvalue weighted by atomic mass is 16.6. The van der Waals surface area contributed by atoms with Crippen molar-refractivity contribution in [2.45, 2.75) is 19.3 Å². The maximum atomic E-state index is 11.7. The van der Waals surface area contributed by atoms with E-state index in [-0.39, 0.29) is 6.09 Å². The molecule has 0 bridgehead atoms. The zero-order valence-electron chi connectivity index (χ0n) is 12.9. The lowest BCUT2D eigenvalue weighted by molar-refractivity contribution is 0.105. The highest BCUT2D eigenvalue weighted by Gasteiger charge is 2.24. The minimum atomic E-state index is -0.228. The lowest BCUT2D eigenvalue weighted by Gasteiger charge is -2.34. The molecule has 1 unspecified atom stereocenters. The van der Waals surface area contributed by atoms with Gasteiger partial charge < -0.3 is 19.3 Å². The highest BCUT2D eigenvalue weighted by molar-refractivity contribution is 5.68. The molecule has 7 heteroatoms. The summed E-state index contributed by atoms with van der Waals surface area (Å²) in [5.74, 6) is 1.31. The number of carbonyl (C=O) groups excluding carboxylic acids is 1. The fourth-order valence-electron chi connectivity index (χ4n) is 2.86. The number of hydrogen-bond acceptors (Lipinski definition) is 6. The predicted octanol–water partition coefficient (Wildman–Crippen LogP) is 1.26. The third-order valence-corrected chi connectivity index (χ3v) is 4.15. The maximum Gasteiger partial charge on any atom is 0.409 e. The standard InChI is InChI=1S/C15H22N4O3/c1-2-22-15(20)19-6-4-18(5-7-19)14-9-13(16-11-17-14)12-3-8-21-10-12/h9,11-12H,2-8,10H2,1H3. The van der Waals surface area contributed by atoms with Gasteiger partial charge in [-0.05, 0) is 13.3 Å². The lowest BCUT2D eigenvalue weighted by atomic mass is 10.0. The van der Waals surface area contributed by atoms with Gasteiger partial charge in [0.15, 0.2) is 0 Å². The van der Waals surface area contributed by atoms with Crippen molar-refractivity contribution in [1.82, 2.24) is 14.9 Å². The molecule has 2 saturated heterocycles. The third-order valence-electron chi connectivity index (χ3n) is 4.15. The van der Waals surface area contributed by atoms with Crippen molar-refractivity contribution in [3.05, 3.63) is 18.1 Å². The summed E-state index contributed by atoms with van der Waals surface area (Å²) in [5, 5.41) is 0. The normalized spacial score (nSPS) is 22.0. The zero-order chi connectivity index (χ0) is 15.4. The molecule has 3 rings (SSSR count).